The number of aryl methyl sites for hydroxylation is 1. The molecule has 0 aliphatic carbocycles. The van der Waals surface area contributed by atoms with Gasteiger partial charge in [-0.1, -0.05) is 37.3 Å². The number of nitrogens with zero attached hydrogens (tertiary/aromatic N) is 2. The highest BCUT2D eigenvalue weighted by Gasteiger charge is 2.19. The van der Waals surface area contributed by atoms with Crippen molar-refractivity contribution >= 4 is 5.97 Å². The molecule has 0 radical (unpaired) electrons. The Morgan fingerprint density at radius 2 is 2.00 bits per heavy atom. The molecule has 0 saturated carbocycles. The number of rotatable bonds is 7. The van der Waals surface area contributed by atoms with Crippen LogP contribution in [0.4, 0.5) is 0 Å². The van der Waals surface area contributed by atoms with E-state index in [9.17, 15) is 9.90 Å². The van der Waals surface area contributed by atoms with Gasteiger partial charge < -0.3 is 5.11 Å². The van der Waals surface area contributed by atoms with Crippen LogP contribution >= 0.6 is 0 Å². The second-order valence-corrected chi connectivity index (χ2v) is 5.38. The molecular weight excluding hydrogens is 264 g/mol. The maximum atomic E-state index is 11.5. The zero-order chi connectivity index (χ0) is 15.2. The third-order valence-electron chi connectivity index (χ3n) is 3.90. The minimum absolute atomic E-state index is 0.378. The Kier molecular flexibility index (Phi) is 5.14. The molecule has 4 heteroatoms. The van der Waals surface area contributed by atoms with E-state index in [0.29, 0.717) is 18.9 Å². The van der Waals surface area contributed by atoms with Gasteiger partial charge in [0.25, 0.3) is 0 Å². The lowest BCUT2D eigenvalue weighted by atomic mass is 9.94. The quantitative estimate of drug-likeness (QED) is 0.845. The van der Waals surface area contributed by atoms with Crippen LogP contribution in [-0.2, 0) is 11.2 Å². The van der Waals surface area contributed by atoms with E-state index >= 15 is 0 Å². The molecule has 2 aromatic rings. The van der Waals surface area contributed by atoms with E-state index < -0.39 is 11.9 Å². The summed E-state index contributed by atoms with van der Waals surface area (Å²) < 4.78 is 1.95. The molecule has 1 aromatic heterocycles. The van der Waals surface area contributed by atoms with Crippen molar-refractivity contribution in [1.82, 2.24) is 9.78 Å². The van der Waals surface area contributed by atoms with E-state index in [1.165, 1.54) is 0 Å². The predicted molar refractivity (Wildman–Crippen MR) is 82.4 cm³/mol. The highest BCUT2D eigenvalue weighted by Crippen LogP contribution is 2.22. The maximum absolute atomic E-state index is 11.5. The number of aliphatic carboxylic acids is 1. The lowest BCUT2D eigenvalue weighted by Gasteiger charge is -2.12. The Balaban J connectivity index is 2.03. The van der Waals surface area contributed by atoms with Crippen molar-refractivity contribution in [2.45, 2.75) is 45.1 Å². The van der Waals surface area contributed by atoms with Gasteiger partial charge in [0.2, 0.25) is 0 Å². The lowest BCUT2D eigenvalue weighted by Crippen LogP contribution is -2.13. The van der Waals surface area contributed by atoms with Crippen LogP contribution in [0, 0.1) is 0 Å². The number of aromatic nitrogens is 2. The molecule has 1 heterocycles. The van der Waals surface area contributed by atoms with E-state index in [-0.39, 0.29) is 0 Å². The van der Waals surface area contributed by atoms with E-state index in [1.54, 1.807) is 0 Å². The first-order valence-electron chi connectivity index (χ1n) is 7.43. The topological polar surface area (TPSA) is 55.1 Å². The van der Waals surface area contributed by atoms with Crippen LogP contribution in [0.5, 0.6) is 0 Å². The van der Waals surface area contributed by atoms with E-state index in [0.717, 1.165) is 17.7 Å². The van der Waals surface area contributed by atoms with Crippen molar-refractivity contribution in [2.75, 3.05) is 0 Å². The van der Waals surface area contributed by atoms with Gasteiger partial charge in [-0.15, -0.1) is 0 Å². The Labute approximate surface area is 125 Å². The van der Waals surface area contributed by atoms with Crippen LogP contribution in [0.2, 0.25) is 0 Å². The molecule has 4 nitrogen and oxygen atoms in total. The van der Waals surface area contributed by atoms with Crippen LogP contribution in [0.1, 0.15) is 49.9 Å². The molecule has 21 heavy (non-hydrogen) atoms. The molecule has 112 valence electrons. The summed E-state index contributed by atoms with van der Waals surface area (Å²) in [6.45, 7) is 4.25. The van der Waals surface area contributed by atoms with E-state index in [2.05, 4.69) is 18.9 Å². The van der Waals surface area contributed by atoms with Crippen LogP contribution in [0.25, 0.3) is 0 Å². The normalized spacial score (nSPS) is 13.8. The Hall–Kier alpha value is -2.10. The summed E-state index contributed by atoms with van der Waals surface area (Å²) in [5.41, 5.74) is 1.81. The second kappa shape index (κ2) is 7.07. The van der Waals surface area contributed by atoms with Gasteiger partial charge in [-0.05, 0) is 37.8 Å². The molecule has 0 fully saturated rings. The van der Waals surface area contributed by atoms with Gasteiger partial charge in [0.15, 0.2) is 0 Å². The minimum atomic E-state index is -0.775. The first-order chi connectivity index (χ1) is 10.1. The summed E-state index contributed by atoms with van der Waals surface area (Å²) in [5.74, 6) is -1.25. The van der Waals surface area contributed by atoms with Gasteiger partial charge in [-0.3, -0.25) is 9.48 Å². The van der Waals surface area contributed by atoms with E-state index in [4.69, 9.17) is 0 Å². The molecule has 2 atom stereocenters. The fourth-order valence-electron chi connectivity index (χ4n) is 2.35. The number of carboxylic acid groups (broad SMARTS) is 1. The van der Waals surface area contributed by atoms with Gasteiger partial charge >= 0.3 is 5.97 Å². The monoisotopic (exact) mass is 286 g/mol. The smallest absolute Gasteiger partial charge is 0.310 e. The molecule has 0 saturated heterocycles. The number of carboxylic acids is 1. The van der Waals surface area contributed by atoms with Crippen LogP contribution in [-0.4, -0.2) is 20.9 Å². The van der Waals surface area contributed by atoms with Crippen molar-refractivity contribution in [2.24, 2.45) is 0 Å². The van der Waals surface area contributed by atoms with Crippen molar-refractivity contribution in [3.05, 3.63) is 53.9 Å². The van der Waals surface area contributed by atoms with Crippen LogP contribution < -0.4 is 0 Å². The Morgan fingerprint density at radius 1 is 1.29 bits per heavy atom. The van der Waals surface area contributed by atoms with Crippen molar-refractivity contribution < 1.29 is 9.90 Å². The van der Waals surface area contributed by atoms with Gasteiger partial charge in [-0.25, -0.2) is 0 Å². The Morgan fingerprint density at radius 3 is 2.62 bits per heavy atom. The molecule has 1 N–H and O–H groups in total. The highest BCUT2D eigenvalue weighted by molar-refractivity contribution is 5.76. The maximum Gasteiger partial charge on any atom is 0.310 e. The fraction of sp³-hybridized carbons (Fsp3) is 0.412. The van der Waals surface area contributed by atoms with Crippen molar-refractivity contribution in [1.29, 1.82) is 0 Å². The molecule has 1 aromatic carbocycles. The zero-order valence-corrected chi connectivity index (χ0v) is 12.6. The number of hydrogen-bond donors (Lipinski definition) is 1. The second-order valence-electron chi connectivity index (χ2n) is 5.38. The van der Waals surface area contributed by atoms with Gasteiger partial charge in [0.05, 0.1) is 11.6 Å². The van der Waals surface area contributed by atoms with Gasteiger partial charge in [0, 0.05) is 12.2 Å². The summed E-state index contributed by atoms with van der Waals surface area (Å²) in [6.07, 6.45) is 4.25. The number of benzene rings is 1. The van der Waals surface area contributed by atoms with Gasteiger partial charge in [-0.2, -0.15) is 5.10 Å². The molecule has 0 aliphatic heterocycles. The van der Waals surface area contributed by atoms with E-state index in [1.807, 2.05) is 47.3 Å². The average Bonchev–Trinajstić information content (AvgIpc) is 2.96. The summed E-state index contributed by atoms with van der Waals surface area (Å²) in [7, 11) is 0. The van der Waals surface area contributed by atoms with Crippen molar-refractivity contribution in [3.8, 4) is 0 Å². The third kappa shape index (κ3) is 3.94. The molecule has 0 spiro atoms. The highest BCUT2D eigenvalue weighted by atomic mass is 16.4. The summed E-state index contributed by atoms with van der Waals surface area (Å²) in [4.78, 5) is 11.5. The summed E-state index contributed by atoms with van der Waals surface area (Å²) in [6, 6.07) is 11.8. The number of carbonyl (C=O) groups is 1. The third-order valence-corrected chi connectivity index (χ3v) is 3.90. The molecule has 0 aliphatic rings. The number of hydrogen-bond acceptors (Lipinski definition) is 2. The fourth-order valence-corrected chi connectivity index (χ4v) is 2.35. The predicted octanol–water partition coefficient (Wildman–Crippen LogP) is 3.66. The molecule has 2 rings (SSSR count). The zero-order valence-electron chi connectivity index (χ0n) is 12.6. The first-order valence-corrected chi connectivity index (χ1v) is 7.43. The van der Waals surface area contributed by atoms with Crippen LogP contribution in [0.15, 0.2) is 42.6 Å². The standard InChI is InChI=1S/C17H22N2O2/c1-3-13(2)19-12-11-15(18-19)9-10-16(17(20)21)14-7-5-4-6-8-14/h4-8,11-13,16H,3,9-10H2,1-2H3,(H,20,21). The van der Waals surface area contributed by atoms with Crippen molar-refractivity contribution in [3.63, 3.8) is 0 Å². The Bertz CT molecular complexity index is 577. The lowest BCUT2D eigenvalue weighted by molar-refractivity contribution is -0.138. The molecule has 0 bridgehead atoms. The molecule has 2 unspecified atom stereocenters. The first kappa shape index (κ1) is 15.3. The average molecular weight is 286 g/mol. The SMILES string of the molecule is CCC(C)n1ccc(CCC(C(=O)O)c2ccccc2)n1. The van der Waals surface area contributed by atoms with Crippen LogP contribution in [0.3, 0.4) is 0 Å². The minimum Gasteiger partial charge on any atom is -0.481 e. The molecule has 0 amide bonds. The van der Waals surface area contributed by atoms with Gasteiger partial charge in [0.1, 0.15) is 0 Å². The largest absolute Gasteiger partial charge is 0.481 e. The summed E-state index contributed by atoms with van der Waals surface area (Å²) >= 11 is 0. The molecular formula is C17H22N2O2. The summed E-state index contributed by atoms with van der Waals surface area (Å²) in [5, 5.41) is 13.9.